The van der Waals surface area contributed by atoms with E-state index in [1.807, 2.05) is 6.92 Å². The first-order valence-corrected chi connectivity index (χ1v) is 6.31. The van der Waals surface area contributed by atoms with Gasteiger partial charge in [0, 0.05) is 12.1 Å². The maximum absolute atomic E-state index is 5.75. The smallest absolute Gasteiger partial charge is 0.243 e. The number of nitrogens with two attached hydrogens (primary N) is 1. The fourth-order valence-electron chi connectivity index (χ4n) is 1.84. The maximum atomic E-state index is 5.75. The van der Waals surface area contributed by atoms with Gasteiger partial charge in [-0.15, -0.1) is 5.10 Å². The minimum absolute atomic E-state index is 0.172. The standard InChI is InChI=1S/C12H23N5/c1-5-10-11(6-2)16-17-12(15-10)14-9(4)7-8(3)13/h8-9H,5-7,13H2,1-4H3,(H,14,15,17). The molecule has 0 spiro atoms. The Morgan fingerprint density at radius 1 is 1.12 bits per heavy atom. The van der Waals surface area contributed by atoms with Gasteiger partial charge in [0.05, 0.1) is 11.4 Å². The van der Waals surface area contributed by atoms with Gasteiger partial charge in [0.25, 0.3) is 0 Å². The first-order chi connectivity index (χ1) is 8.06. The molecule has 5 heteroatoms. The molecule has 1 aromatic rings. The van der Waals surface area contributed by atoms with E-state index in [9.17, 15) is 0 Å². The number of hydrogen-bond donors (Lipinski definition) is 2. The van der Waals surface area contributed by atoms with E-state index in [0.29, 0.717) is 5.95 Å². The predicted molar refractivity (Wildman–Crippen MR) is 69.9 cm³/mol. The Hall–Kier alpha value is -1.23. The summed E-state index contributed by atoms with van der Waals surface area (Å²) in [6.45, 7) is 8.22. The van der Waals surface area contributed by atoms with Gasteiger partial charge in [-0.05, 0) is 33.1 Å². The zero-order valence-electron chi connectivity index (χ0n) is 11.2. The van der Waals surface area contributed by atoms with Crippen LogP contribution in [-0.2, 0) is 12.8 Å². The number of aromatic nitrogens is 3. The van der Waals surface area contributed by atoms with Gasteiger partial charge in [0.15, 0.2) is 0 Å². The summed E-state index contributed by atoms with van der Waals surface area (Å²) >= 11 is 0. The highest BCUT2D eigenvalue weighted by Gasteiger charge is 2.09. The van der Waals surface area contributed by atoms with Crippen LogP contribution in [-0.4, -0.2) is 27.3 Å². The molecule has 17 heavy (non-hydrogen) atoms. The molecule has 1 heterocycles. The van der Waals surface area contributed by atoms with Crippen LogP contribution in [0, 0.1) is 0 Å². The van der Waals surface area contributed by atoms with Crippen LogP contribution in [0.5, 0.6) is 0 Å². The van der Waals surface area contributed by atoms with Crippen LogP contribution in [0.2, 0.25) is 0 Å². The molecule has 0 bridgehead atoms. The van der Waals surface area contributed by atoms with Gasteiger partial charge in [0.2, 0.25) is 5.95 Å². The highest BCUT2D eigenvalue weighted by Crippen LogP contribution is 2.08. The third-order valence-corrected chi connectivity index (χ3v) is 2.61. The van der Waals surface area contributed by atoms with Crippen LogP contribution >= 0.6 is 0 Å². The van der Waals surface area contributed by atoms with Gasteiger partial charge in [-0.25, -0.2) is 4.98 Å². The highest BCUT2D eigenvalue weighted by atomic mass is 15.2. The molecule has 0 aliphatic rings. The van der Waals surface area contributed by atoms with Crippen molar-refractivity contribution in [3.05, 3.63) is 11.4 Å². The molecular formula is C12H23N5. The normalized spacial score (nSPS) is 14.4. The second-order valence-electron chi connectivity index (χ2n) is 4.49. The van der Waals surface area contributed by atoms with E-state index in [2.05, 4.69) is 41.3 Å². The van der Waals surface area contributed by atoms with Gasteiger partial charge in [-0.3, -0.25) is 0 Å². The molecule has 1 aromatic heterocycles. The summed E-state index contributed by atoms with van der Waals surface area (Å²) in [4.78, 5) is 4.48. The minimum Gasteiger partial charge on any atom is -0.350 e. The second-order valence-corrected chi connectivity index (χ2v) is 4.49. The van der Waals surface area contributed by atoms with E-state index in [1.165, 1.54) is 0 Å². The number of rotatable bonds is 6. The van der Waals surface area contributed by atoms with Gasteiger partial charge >= 0.3 is 0 Å². The molecule has 0 radical (unpaired) electrons. The Bertz CT molecular complexity index is 351. The molecular weight excluding hydrogens is 214 g/mol. The average molecular weight is 237 g/mol. The molecule has 0 fully saturated rings. The summed E-state index contributed by atoms with van der Waals surface area (Å²) in [7, 11) is 0. The van der Waals surface area contributed by atoms with Crippen molar-refractivity contribution in [3.63, 3.8) is 0 Å². The third-order valence-electron chi connectivity index (χ3n) is 2.61. The van der Waals surface area contributed by atoms with Crippen molar-refractivity contribution in [1.29, 1.82) is 0 Å². The number of aryl methyl sites for hydroxylation is 2. The number of hydrogen-bond acceptors (Lipinski definition) is 5. The summed E-state index contributed by atoms with van der Waals surface area (Å²) in [5, 5.41) is 11.5. The molecule has 0 amide bonds. The summed E-state index contributed by atoms with van der Waals surface area (Å²) in [6.07, 6.45) is 2.65. The Morgan fingerprint density at radius 2 is 1.76 bits per heavy atom. The number of nitrogens with one attached hydrogen (secondary N) is 1. The summed E-state index contributed by atoms with van der Waals surface area (Å²) < 4.78 is 0. The first-order valence-electron chi connectivity index (χ1n) is 6.31. The molecule has 96 valence electrons. The van der Waals surface area contributed by atoms with Crippen LogP contribution in [0.4, 0.5) is 5.95 Å². The maximum Gasteiger partial charge on any atom is 0.243 e. The van der Waals surface area contributed by atoms with Crippen molar-refractivity contribution < 1.29 is 0 Å². The monoisotopic (exact) mass is 237 g/mol. The van der Waals surface area contributed by atoms with Crippen LogP contribution in [0.3, 0.4) is 0 Å². The topological polar surface area (TPSA) is 76.7 Å². The second kappa shape index (κ2) is 6.49. The van der Waals surface area contributed by atoms with E-state index in [-0.39, 0.29) is 12.1 Å². The summed E-state index contributed by atoms with van der Waals surface area (Å²) in [5.74, 6) is 0.604. The Balaban J connectivity index is 2.72. The van der Waals surface area contributed by atoms with E-state index in [1.54, 1.807) is 0 Å². The molecule has 0 saturated carbocycles. The quantitative estimate of drug-likeness (QED) is 0.784. The molecule has 0 aliphatic heterocycles. The average Bonchev–Trinajstić information content (AvgIpc) is 2.27. The predicted octanol–water partition coefficient (Wildman–Crippen LogP) is 1.53. The molecule has 5 nitrogen and oxygen atoms in total. The van der Waals surface area contributed by atoms with Gasteiger partial charge in [-0.2, -0.15) is 5.10 Å². The Kier molecular flexibility index (Phi) is 5.28. The lowest BCUT2D eigenvalue weighted by Crippen LogP contribution is -2.27. The fourth-order valence-corrected chi connectivity index (χ4v) is 1.84. The highest BCUT2D eigenvalue weighted by molar-refractivity contribution is 5.27. The van der Waals surface area contributed by atoms with Crippen molar-refractivity contribution in [3.8, 4) is 0 Å². The van der Waals surface area contributed by atoms with E-state index in [4.69, 9.17) is 5.73 Å². The van der Waals surface area contributed by atoms with Gasteiger partial charge in [-0.1, -0.05) is 13.8 Å². The van der Waals surface area contributed by atoms with Gasteiger partial charge < -0.3 is 11.1 Å². The van der Waals surface area contributed by atoms with E-state index < -0.39 is 0 Å². The molecule has 0 saturated heterocycles. The molecule has 2 unspecified atom stereocenters. The van der Waals surface area contributed by atoms with E-state index >= 15 is 0 Å². The Morgan fingerprint density at radius 3 is 2.29 bits per heavy atom. The zero-order chi connectivity index (χ0) is 12.8. The van der Waals surface area contributed by atoms with Crippen molar-refractivity contribution in [1.82, 2.24) is 15.2 Å². The molecule has 2 atom stereocenters. The van der Waals surface area contributed by atoms with Crippen molar-refractivity contribution in [2.24, 2.45) is 5.73 Å². The lowest BCUT2D eigenvalue weighted by molar-refractivity contribution is 0.599. The van der Waals surface area contributed by atoms with Crippen LogP contribution < -0.4 is 11.1 Å². The summed E-state index contributed by atoms with van der Waals surface area (Å²) in [6, 6.07) is 0.431. The largest absolute Gasteiger partial charge is 0.350 e. The van der Waals surface area contributed by atoms with Crippen molar-refractivity contribution in [2.45, 2.75) is 59.0 Å². The van der Waals surface area contributed by atoms with Crippen molar-refractivity contribution in [2.75, 3.05) is 5.32 Å². The number of anilines is 1. The van der Waals surface area contributed by atoms with Crippen molar-refractivity contribution >= 4 is 5.95 Å². The lowest BCUT2D eigenvalue weighted by atomic mass is 10.1. The molecule has 3 N–H and O–H groups in total. The van der Waals surface area contributed by atoms with Gasteiger partial charge in [0.1, 0.15) is 0 Å². The molecule has 0 aliphatic carbocycles. The van der Waals surface area contributed by atoms with E-state index in [0.717, 1.165) is 30.7 Å². The Labute approximate surface area is 103 Å². The van der Waals surface area contributed by atoms with Crippen LogP contribution in [0.25, 0.3) is 0 Å². The van der Waals surface area contributed by atoms with Crippen LogP contribution in [0.1, 0.15) is 45.5 Å². The zero-order valence-corrected chi connectivity index (χ0v) is 11.2. The SMILES string of the molecule is CCc1nnc(NC(C)CC(C)N)nc1CC. The fraction of sp³-hybridized carbons (Fsp3) is 0.750. The van der Waals surface area contributed by atoms with Crippen LogP contribution in [0.15, 0.2) is 0 Å². The minimum atomic E-state index is 0.172. The first kappa shape index (κ1) is 13.8. The lowest BCUT2D eigenvalue weighted by Gasteiger charge is -2.16. The molecule has 1 rings (SSSR count). The summed E-state index contributed by atoms with van der Waals surface area (Å²) in [5.41, 5.74) is 7.76. The number of nitrogens with zero attached hydrogens (tertiary/aromatic N) is 3. The molecule has 0 aromatic carbocycles. The third kappa shape index (κ3) is 4.26.